The quantitative estimate of drug-likeness (QED) is 0.461. The molecule has 0 heterocycles. The number of fused-ring (bicyclic) bond motifs is 4. The van der Waals surface area contributed by atoms with Gasteiger partial charge in [-0.3, -0.25) is 24.0 Å². The average Bonchev–Trinajstić information content (AvgIpc) is 3.03. The third-order valence-corrected chi connectivity index (χ3v) is 11.1. The Morgan fingerprint density at radius 2 is 1.66 bits per heavy atom. The number of carbonyl (C=O) groups excluding carboxylic acids is 4. The van der Waals surface area contributed by atoms with E-state index in [4.69, 9.17) is 5.11 Å². The van der Waals surface area contributed by atoms with Gasteiger partial charge in [0.05, 0.1) is 12.0 Å². The van der Waals surface area contributed by atoms with Crippen molar-refractivity contribution in [2.24, 2.45) is 39.4 Å². The predicted molar refractivity (Wildman–Crippen MR) is 138 cm³/mol. The van der Waals surface area contributed by atoms with Crippen LogP contribution in [-0.2, 0) is 24.0 Å². The number of aliphatic hydroxyl groups excluding tert-OH is 2. The van der Waals surface area contributed by atoms with Crippen LogP contribution in [0, 0.1) is 39.4 Å². The summed E-state index contributed by atoms with van der Waals surface area (Å²) in [6, 6.07) is 0. The number of aliphatic carboxylic acids is 1. The van der Waals surface area contributed by atoms with Crippen molar-refractivity contribution in [1.29, 1.82) is 0 Å². The molecule has 2 saturated carbocycles. The van der Waals surface area contributed by atoms with Crippen molar-refractivity contribution in [3.8, 4) is 0 Å². The number of allylic oxidation sites excluding steroid dienone is 2. The first-order chi connectivity index (χ1) is 17.4. The van der Waals surface area contributed by atoms with Crippen molar-refractivity contribution >= 4 is 29.1 Å². The lowest BCUT2D eigenvalue weighted by Gasteiger charge is -2.60. The highest BCUT2D eigenvalue weighted by atomic mass is 16.4. The van der Waals surface area contributed by atoms with E-state index in [1.54, 1.807) is 20.8 Å². The Balaban J connectivity index is 1.86. The first-order valence-electron chi connectivity index (χ1n) is 13.5. The first kappa shape index (κ1) is 28.6. The van der Waals surface area contributed by atoms with E-state index in [9.17, 15) is 34.2 Å². The molecule has 2 fully saturated rings. The summed E-state index contributed by atoms with van der Waals surface area (Å²) in [7, 11) is 0. The summed E-state index contributed by atoms with van der Waals surface area (Å²) < 4.78 is 0. The Morgan fingerprint density at radius 3 is 2.24 bits per heavy atom. The lowest BCUT2D eigenvalue weighted by atomic mass is 9.42. The van der Waals surface area contributed by atoms with Gasteiger partial charge in [0, 0.05) is 52.1 Å². The fourth-order valence-corrected chi connectivity index (χ4v) is 8.51. The van der Waals surface area contributed by atoms with Gasteiger partial charge < -0.3 is 15.3 Å². The topological polar surface area (TPSA) is 146 Å². The summed E-state index contributed by atoms with van der Waals surface area (Å²) in [6.07, 6.45) is -0.559. The molecule has 8 atom stereocenters. The molecule has 4 aliphatic rings. The van der Waals surface area contributed by atoms with Gasteiger partial charge in [0.1, 0.15) is 11.9 Å². The van der Waals surface area contributed by atoms with Crippen LogP contribution in [0.5, 0.6) is 0 Å². The summed E-state index contributed by atoms with van der Waals surface area (Å²) in [5.41, 5.74) is -3.08. The van der Waals surface area contributed by atoms with Gasteiger partial charge in [-0.15, -0.1) is 0 Å². The fourth-order valence-electron chi connectivity index (χ4n) is 8.51. The monoisotopic (exact) mass is 528 g/mol. The minimum Gasteiger partial charge on any atom is -0.481 e. The van der Waals surface area contributed by atoms with E-state index in [0.717, 1.165) is 0 Å². The number of carboxylic acids is 1. The van der Waals surface area contributed by atoms with Gasteiger partial charge in [-0.05, 0) is 37.7 Å². The maximum Gasteiger partial charge on any atom is 0.306 e. The Hall–Kier alpha value is -2.45. The average molecular weight is 529 g/mol. The molecule has 8 heteroatoms. The van der Waals surface area contributed by atoms with Gasteiger partial charge in [0.15, 0.2) is 17.3 Å². The molecule has 0 spiro atoms. The highest BCUT2D eigenvalue weighted by Crippen LogP contribution is 2.70. The summed E-state index contributed by atoms with van der Waals surface area (Å²) in [5.74, 6) is -4.08. The molecular formula is C30H40O8. The lowest BCUT2D eigenvalue weighted by molar-refractivity contribution is -0.156. The number of hydrogen-bond donors (Lipinski definition) is 3. The fraction of sp³-hybridized carbons (Fsp3) is 0.700. The molecular weight excluding hydrogens is 488 g/mol. The Labute approximate surface area is 223 Å². The van der Waals surface area contributed by atoms with E-state index in [2.05, 4.69) is 0 Å². The highest BCUT2D eigenvalue weighted by Gasteiger charge is 2.73. The molecule has 0 amide bonds. The van der Waals surface area contributed by atoms with Crippen LogP contribution in [0.4, 0.5) is 0 Å². The summed E-state index contributed by atoms with van der Waals surface area (Å²) in [4.78, 5) is 64.7. The van der Waals surface area contributed by atoms with Gasteiger partial charge >= 0.3 is 5.97 Å². The molecule has 0 aliphatic heterocycles. The van der Waals surface area contributed by atoms with E-state index in [1.807, 2.05) is 20.8 Å². The number of carbonyl (C=O) groups is 5. The van der Waals surface area contributed by atoms with Crippen LogP contribution >= 0.6 is 0 Å². The molecule has 3 N–H and O–H groups in total. The lowest BCUT2D eigenvalue weighted by Crippen LogP contribution is -2.64. The van der Waals surface area contributed by atoms with Crippen LogP contribution in [0.15, 0.2) is 22.8 Å². The maximum absolute atomic E-state index is 14.1. The zero-order chi connectivity index (χ0) is 28.7. The van der Waals surface area contributed by atoms with Crippen LogP contribution in [0.25, 0.3) is 0 Å². The Kier molecular flexibility index (Phi) is 6.60. The van der Waals surface area contributed by atoms with Gasteiger partial charge in [-0.2, -0.15) is 0 Å². The van der Waals surface area contributed by atoms with E-state index in [0.29, 0.717) is 12.0 Å². The normalized spacial score (nSPS) is 41.4. The molecule has 0 saturated heterocycles. The molecule has 0 aromatic rings. The van der Waals surface area contributed by atoms with E-state index < -0.39 is 63.4 Å². The molecule has 4 aliphatic carbocycles. The first-order valence-corrected chi connectivity index (χ1v) is 13.5. The number of aliphatic hydroxyl groups is 2. The van der Waals surface area contributed by atoms with E-state index >= 15 is 0 Å². The number of ketones is 4. The molecule has 0 unspecified atom stereocenters. The second-order valence-electron chi connectivity index (χ2n) is 13.3. The van der Waals surface area contributed by atoms with Crippen molar-refractivity contribution in [2.75, 3.05) is 0 Å². The summed E-state index contributed by atoms with van der Waals surface area (Å²) in [5, 5.41) is 32.4. The van der Waals surface area contributed by atoms with Crippen LogP contribution < -0.4 is 0 Å². The molecule has 4 rings (SSSR count). The standard InChI is InChI=1S/C30H40O8/c1-14(10-16(31)11-15(2)26(37)38)17-12-21(34)30(7)22-18(32)13-19-27(3,4)20(33)8-9-28(19,5)23(22)24(35)25(36)29(17,30)6/h10,15,17,19,21,25,34,36H,8-9,11-13H2,1-7H3,(H,37,38)/b14-10-/t15-,17+,19+,21+,25-,28-,29-,30-/m0/s1. The van der Waals surface area contributed by atoms with Crippen LogP contribution in [0.2, 0.25) is 0 Å². The third kappa shape index (κ3) is 3.52. The van der Waals surface area contributed by atoms with Gasteiger partial charge in [0.2, 0.25) is 0 Å². The molecule has 0 aromatic carbocycles. The molecule has 0 radical (unpaired) electrons. The van der Waals surface area contributed by atoms with Crippen LogP contribution in [0.3, 0.4) is 0 Å². The van der Waals surface area contributed by atoms with Crippen molar-refractivity contribution < 1.29 is 39.3 Å². The number of hydrogen-bond acceptors (Lipinski definition) is 7. The summed E-state index contributed by atoms with van der Waals surface area (Å²) >= 11 is 0. The van der Waals surface area contributed by atoms with Crippen molar-refractivity contribution in [1.82, 2.24) is 0 Å². The second kappa shape index (κ2) is 8.78. The summed E-state index contributed by atoms with van der Waals surface area (Å²) in [6.45, 7) is 12.1. The number of carboxylic acid groups (broad SMARTS) is 1. The Bertz CT molecular complexity index is 1210. The van der Waals surface area contributed by atoms with Gasteiger partial charge in [-0.1, -0.05) is 47.1 Å². The molecule has 208 valence electrons. The zero-order valence-electron chi connectivity index (χ0n) is 23.4. The number of rotatable bonds is 5. The van der Waals surface area contributed by atoms with E-state index in [-0.39, 0.29) is 54.2 Å². The third-order valence-electron chi connectivity index (χ3n) is 11.1. The van der Waals surface area contributed by atoms with Gasteiger partial charge in [-0.25, -0.2) is 0 Å². The molecule has 0 bridgehead atoms. The van der Waals surface area contributed by atoms with Crippen molar-refractivity contribution in [3.05, 3.63) is 22.8 Å². The van der Waals surface area contributed by atoms with Crippen LogP contribution in [0.1, 0.15) is 80.6 Å². The second-order valence-corrected chi connectivity index (χ2v) is 13.3. The SMILES string of the molecule is C/C(=C/C(=O)C[C@H](C)C(=O)O)[C@H]1C[C@@H](O)[C@@]2(C)C3=C(C(=O)[C@H](O)[C@]12C)[C@@]1(C)CCC(=O)C(C)(C)[C@H]1CC3=O. The molecule has 38 heavy (non-hydrogen) atoms. The number of Topliss-reactive ketones (excluding diaryl/α,β-unsaturated/α-hetero) is 3. The molecule has 8 nitrogen and oxygen atoms in total. The molecule has 0 aromatic heterocycles. The van der Waals surface area contributed by atoms with E-state index in [1.165, 1.54) is 13.0 Å². The highest BCUT2D eigenvalue weighted by molar-refractivity contribution is 6.14. The minimum absolute atomic E-state index is 0.0558. The smallest absolute Gasteiger partial charge is 0.306 e. The van der Waals surface area contributed by atoms with Gasteiger partial charge in [0.25, 0.3) is 0 Å². The van der Waals surface area contributed by atoms with Crippen molar-refractivity contribution in [2.45, 2.75) is 92.8 Å². The predicted octanol–water partition coefficient (Wildman–Crippen LogP) is 3.23. The minimum atomic E-state index is -1.53. The van der Waals surface area contributed by atoms with Crippen LogP contribution in [-0.4, -0.2) is 56.6 Å². The largest absolute Gasteiger partial charge is 0.481 e. The zero-order valence-corrected chi connectivity index (χ0v) is 23.4. The maximum atomic E-state index is 14.1. The Morgan fingerprint density at radius 1 is 1.05 bits per heavy atom. The van der Waals surface area contributed by atoms with Crippen molar-refractivity contribution in [3.63, 3.8) is 0 Å².